The second-order valence-electron chi connectivity index (χ2n) is 5.78. The number of aromatic nitrogens is 1. The molecular weight excluding hydrogens is 250 g/mol. The Morgan fingerprint density at radius 3 is 3.10 bits per heavy atom. The van der Waals surface area contributed by atoms with Crippen molar-refractivity contribution in [2.24, 2.45) is 5.92 Å². The van der Waals surface area contributed by atoms with Crippen LogP contribution in [0.3, 0.4) is 0 Å². The molecule has 112 valence electrons. The molecule has 0 aliphatic carbocycles. The summed E-state index contributed by atoms with van der Waals surface area (Å²) in [4.78, 5) is 6.91. The fourth-order valence-electron chi connectivity index (χ4n) is 2.71. The fourth-order valence-corrected chi connectivity index (χ4v) is 2.71. The van der Waals surface area contributed by atoms with E-state index in [0.29, 0.717) is 18.6 Å². The Morgan fingerprint density at radius 2 is 2.35 bits per heavy atom. The van der Waals surface area contributed by atoms with Crippen LogP contribution in [-0.4, -0.2) is 37.3 Å². The van der Waals surface area contributed by atoms with Crippen LogP contribution in [0.5, 0.6) is 5.75 Å². The van der Waals surface area contributed by atoms with Crippen LogP contribution in [0.15, 0.2) is 18.3 Å². The summed E-state index contributed by atoms with van der Waals surface area (Å²) in [6.45, 7) is 10.3. The lowest BCUT2D eigenvalue weighted by Gasteiger charge is -2.34. The fraction of sp³-hybridized carbons (Fsp3) is 0.688. The van der Waals surface area contributed by atoms with Gasteiger partial charge in [-0.05, 0) is 44.4 Å². The first-order valence-corrected chi connectivity index (χ1v) is 7.76. The molecule has 20 heavy (non-hydrogen) atoms. The van der Waals surface area contributed by atoms with E-state index in [1.165, 1.54) is 12.8 Å². The van der Waals surface area contributed by atoms with E-state index in [4.69, 9.17) is 4.74 Å². The third-order valence-corrected chi connectivity index (χ3v) is 3.68. The molecule has 0 saturated carbocycles. The predicted octanol–water partition coefficient (Wildman–Crippen LogP) is 2.69. The molecule has 1 unspecified atom stereocenters. The van der Waals surface area contributed by atoms with Gasteiger partial charge in [0.05, 0.1) is 6.61 Å². The largest absolute Gasteiger partial charge is 0.490 e. The van der Waals surface area contributed by atoms with E-state index >= 15 is 0 Å². The lowest BCUT2D eigenvalue weighted by molar-refractivity contribution is 0.333. The molecule has 1 aliphatic rings. The van der Waals surface area contributed by atoms with Gasteiger partial charge in [0.2, 0.25) is 0 Å². The highest BCUT2D eigenvalue weighted by Gasteiger charge is 2.23. The lowest BCUT2D eigenvalue weighted by Crippen LogP contribution is -2.41. The maximum atomic E-state index is 5.70. The molecule has 1 atom stereocenters. The molecule has 1 N–H and O–H groups in total. The molecule has 0 spiro atoms. The van der Waals surface area contributed by atoms with Crippen molar-refractivity contribution in [3.05, 3.63) is 18.3 Å². The zero-order valence-corrected chi connectivity index (χ0v) is 12.9. The summed E-state index contributed by atoms with van der Waals surface area (Å²) in [6, 6.07) is 4.51. The molecule has 0 amide bonds. The van der Waals surface area contributed by atoms with E-state index in [9.17, 15) is 0 Å². The van der Waals surface area contributed by atoms with Gasteiger partial charge in [0.1, 0.15) is 0 Å². The summed E-state index contributed by atoms with van der Waals surface area (Å²) in [7, 11) is 0. The third-order valence-electron chi connectivity index (χ3n) is 3.68. The van der Waals surface area contributed by atoms with E-state index < -0.39 is 0 Å². The Kier molecular flexibility index (Phi) is 5.65. The van der Waals surface area contributed by atoms with Crippen molar-refractivity contribution in [2.45, 2.75) is 39.7 Å². The van der Waals surface area contributed by atoms with Crippen molar-refractivity contribution in [1.29, 1.82) is 0 Å². The molecule has 4 nitrogen and oxygen atoms in total. The van der Waals surface area contributed by atoms with Gasteiger partial charge in [-0.3, -0.25) is 0 Å². The van der Waals surface area contributed by atoms with Gasteiger partial charge in [-0.1, -0.05) is 13.8 Å². The Bertz CT molecular complexity index is 408. The van der Waals surface area contributed by atoms with Crippen LogP contribution in [0, 0.1) is 5.92 Å². The van der Waals surface area contributed by atoms with Gasteiger partial charge >= 0.3 is 0 Å². The van der Waals surface area contributed by atoms with E-state index in [1.54, 1.807) is 0 Å². The molecule has 1 aromatic rings. The van der Waals surface area contributed by atoms with Gasteiger partial charge in [0.15, 0.2) is 11.6 Å². The van der Waals surface area contributed by atoms with Crippen molar-refractivity contribution < 1.29 is 4.74 Å². The quantitative estimate of drug-likeness (QED) is 0.867. The summed E-state index contributed by atoms with van der Waals surface area (Å²) in [6.07, 6.45) is 4.38. The molecule has 1 aromatic heterocycles. The summed E-state index contributed by atoms with van der Waals surface area (Å²) in [5.41, 5.74) is 0. The van der Waals surface area contributed by atoms with E-state index in [1.807, 2.05) is 25.3 Å². The number of pyridine rings is 1. The van der Waals surface area contributed by atoms with E-state index in [2.05, 4.69) is 29.0 Å². The normalized spacial score (nSPS) is 19.4. The SMILES string of the molecule is CCOc1cccnc1N1CCCC(CNC(C)C)C1. The highest BCUT2D eigenvalue weighted by Crippen LogP contribution is 2.29. The lowest BCUT2D eigenvalue weighted by atomic mass is 9.97. The van der Waals surface area contributed by atoms with Crippen molar-refractivity contribution >= 4 is 5.82 Å². The van der Waals surface area contributed by atoms with Gasteiger partial charge in [-0.25, -0.2) is 4.98 Å². The number of ether oxygens (including phenoxy) is 1. The third kappa shape index (κ3) is 4.10. The minimum Gasteiger partial charge on any atom is -0.490 e. The van der Waals surface area contributed by atoms with Crippen LogP contribution < -0.4 is 15.0 Å². The topological polar surface area (TPSA) is 37.4 Å². The van der Waals surface area contributed by atoms with Crippen LogP contribution in [-0.2, 0) is 0 Å². The number of hydrogen-bond acceptors (Lipinski definition) is 4. The zero-order chi connectivity index (χ0) is 14.4. The van der Waals surface area contributed by atoms with Gasteiger partial charge in [-0.15, -0.1) is 0 Å². The Labute approximate surface area is 122 Å². The zero-order valence-electron chi connectivity index (χ0n) is 12.9. The molecule has 1 saturated heterocycles. The average molecular weight is 277 g/mol. The van der Waals surface area contributed by atoms with Crippen LogP contribution in [0.2, 0.25) is 0 Å². The smallest absolute Gasteiger partial charge is 0.171 e. The van der Waals surface area contributed by atoms with Crippen LogP contribution in [0.4, 0.5) is 5.82 Å². The monoisotopic (exact) mass is 277 g/mol. The molecule has 2 rings (SSSR count). The van der Waals surface area contributed by atoms with E-state index in [0.717, 1.165) is 31.2 Å². The van der Waals surface area contributed by atoms with Gasteiger partial charge in [0.25, 0.3) is 0 Å². The number of nitrogens with zero attached hydrogens (tertiary/aromatic N) is 2. The minimum absolute atomic E-state index is 0.555. The first-order chi connectivity index (χ1) is 9.70. The van der Waals surface area contributed by atoms with Crippen LogP contribution in [0.1, 0.15) is 33.6 Å². The minimum atomic E-state index is 0.555. The van der Waals surface area contributed by atoms with Gasteiger partial charge in [0, 0.05) is 25.3 Å². The van der Waals surface area contributed by atoms with E-state index in [-0.39, 0.29) is 0 Å². The average Bonchev–Trinajstić information content (AvgIpc) is 2.46. The summed E-state index contributed by atoms with van der Waals surface area (Å²) >= 11 is 0. The highest BCUT2D eigenvalue weighted by molar-refractivity contribution is 5.52. The van der Waals surface area contributed by atoms with Gasteiger partial charge < -0.3 is 15.0 Å². The van der Waals surface area contributed by atoms with Crippen molar-refractivity contribution in [3.63, 3.8) is 0 Å². The molecule has 0 radical (unpaired) electrons. The standard InChI is InChI=1S/C16H27N3O/c1-4-20-15-8-5-9-17-16(15)19-10-6-7-14(12-19)11-18-13(2)3/h5,8-9,13-14,18H,4,6-7,10-12H2,1-3H3. The van der Waals surface area contributed by atoms with Crippen molar-refractivity contribution in [3.8, 4) is 5.75 Å². The number of piperidine rings is 1. The molecule has 1 aliphatic heterocycles. The van der Waals surface area contributed by atoms with Crippen LogP contribution >= 0.6 is 0 Å². The second kappa shape index (κ2) is 7.48. The number of nitrogens with one attached hydrogen (secondary N) is 1. The molecule has 4 heteroatoms. The maximum absolute atomic E-state index is 5.70. The maximum Gasteiger partial charge on any atom is 0.171 e. The summed E-state index contributed by atoms with van der Waals surface area (Å²) in [5.74, 6) is 2.61. The predicted molar refractivity (Wildman–Crippen MR) is 83.5 cm³/mol. The molecule has 1 fully saturated rings. The molecule has 0 aromatic carbocycles. The Morgan fingerprint density at radius 1 is 1.50 bits per heavy atom. The molecular formula is C16H27N3O. The highest BCUT2D eigenvalue weighted by atomic mass is 16.5. The first kappa shape index (κ1) is 15.1. The number of anilines is 1. The van der Waals surface area contributed by atoms with Gasteiger partial charge in [-0.2, -0.15) is 0 Å². The Balaban J connectivity index is 2.01. The van der Waals surface area contributed by atoms with Crippen LogP contribution in [0.25, 0.3) is 0 Å². The van der Waals surface area contributed by atoms with Crippen molar-refractivity contribution in [1.82, 2.24) is 10.3 Å². The van der Waals surface area contributed by atoms with Crippen molar-refractivity contribution in [2.75, 3.05) is 31.1 Å². The second-order valence-corrected chi connectivity index (χ2v) is 5.78. The molecule has 2 heterocycles. The number of rotatable bonds is 6. The number of hydrogen-bond donors (Lipinski definition) is 1. The summed E-state index contributed by atoms with van der Waals surface area (Å²) < 4.78 is 5.70. The first-order valence-electron chi connectivity index (χ1n) is 7.76. The summed E-state index contributed by atoms with van der Waals surface area (Å²) in [5, 5.41) is 3.55. The Hall–Kier alpha value is -1.29. The molecule has 0 bridgehead atoms.